The van der Waals surface area contributed by atoms with Crippen molar-refractivity contribution in [1.29, 1.82) is 0 Å². The van der Waals surface area contributed by atoms with E-state index in [2.05, 4.69) is 0 Å². The number of carboxylic acids is 3. The first-order valence-corrected chi connectivity index (χ1v) is 22.8. The summed E-state index contributed by atoms with van der Waals surface area (Å²) < 4.78 is 0. The Morgan fingerprint density at radius 1 is 0.375 bits per heavy atom. The van der Waals surface area contributed by atoms with Crippen molar-refractivity contribution in [2.75, 3.05) is 0 Å². The van der Waals surface area contributed by atoms with Crippen molar-refractivity contribution in [3.63, 3.8) is 0 Å². The van der Waals surface area contributed by atoms with Crippen LogP contribution in [0.25, 0.3) is 0 Å². The summed E-state index contributed by atoms with van der Waals surface area (Å²) in [6.07, 6.45) is -0.333. The summed E-state index contributed by atoms with van der Waals surface area (Å²) in [4.78, 5) is 42.0. The van der Waals surface area contributed by atoms with E-state index < -0.39 is 79.5 Å². The van der Waals surface area contributed by atoms with Crippen LogP contribution in [0.15, 0.2) is 36.4 Å². The van der Waals surface area contributed by atoms with Gasteiger partial charge in [0.15, 0.2) is 0 Å². The molecule has 3 atom stereocenters. The molecule has 6 N–H and O–H groups in total. The molecule has 9 heteroatoms. The van der Waals surface area contributed by atoms with E-state index in [4.69, 9.17) is 0 Å². The molecule has 0 aliphatic heterocycles. The molecule has 0 saturated heterocycles. The summed E-state index contributed by atoms with van der Waals surface area (Å²) in [6, 6.07) is 10.9. The van der Waals surface area contributed by atoms with Crippen LogP contribution in [0.1, 0.15) is 189 Å². The third kappa shape index (κ3) is 12.0. The van der Waals surface area contributed by atoms with Gasteiger partial charge in [-0.05, 0) is 113 Å². The average Bonchev–Trinajstić information content (AvgIpc) is 3.07. The van der Waals surface area contributed by atoms with E-state index in [0.717, 1.165) is 0 Å². The third-order valence-corrected chi connectivity index (χ3v) is 13.3. The predicted octanol–water partition coefficient (Wildman–Crippen LogP) is 12.4. The number of hydrogen-bond donors (Lipinski definition) is 6. The summed E-state index contributed by atoms with van der Waals surface area (Å²) in [5.41, 5.74) is 0.950. The summed E-state index contributed by atoms with van der Waals surface area (Å²) >= 11 is 0. The summed E-state index contributed by atoms with van der Waals surface area (Å²) in [5, 5.41) is 69.0. The lowest BCUT2D eigenvalue weighted by Crippen LogP contribution is -2.50. The summed E-state index contributed by atoms with van der Waals surface area (Å²) in [5.74, 6) is -8.70. The number of phenolic OH excluding ortho intramolecular Hbond substituents is 3. The lowest BCUT2D eigenvalue weighted by Gasteiger charge is -2.45. The number of aliphatic carboxylic acids is 3. The van der Waals surface area contributed by atoms with Gasteiger partial charge in [0.2, 0.25) is 0 Å². The van der Waals surface area contributed by atoms with Crippen molar-refractivity contribution >= 4 is 17.9 Å². The molecule has 0 radical (unpaired) electrons. The van der Waals surface area contributed by atoms with Gasteiger partial charge in [-0.1, -0.05) is 175 Å². The Morgan fingerprint density at radius 2 is 0.578 bits per heavy atom. The molecule has 0 amide bonds. The minimum Gasteiger partial charge on any atom is -0.507 e. The number of hydrogen-bond acceptors (Lipinski definition) is 6. The first kappa shape index (κ1) is 53.8. The molecule has 356 valence electrons. The lowest BCUT2D eigenvalue weighted by atomic mass is 9.57. The van der Waals surface area contributed by atoms with Gasteiger partial charge in [0, 0.05) is 0 Å². The highest BCUT2D eigenvalue weighted by Gasteiger charge is 2.52. The highest BCUT2D eigenvalue weighted by Crippen LogP contribution is 2.50. The highest BCUT2D eigenvalue weighted by molar-refractivity contribution is 5.77. The van der Waals surface area contributed by atoms with Crippen LogP contribution in [0.2, 0.25) is 0 Å². The van der Waals surface area contributed by atoms with Gasteiger partial charge in [0.05, 0.1) is 17.8 Å². The zero-order valence-electron chi connectivity index (χ0n) is 42.8. The van der Waals surface area contributed by atoms with Gasteiger partial charge in [-0.15, -0.1) is 0 Å². The maximum Gasteiger partial charge on any atom is 0.307 e. The zero-order valence-corrected chi connectivity index (χ0v) is 42.8. The highest BCUT2D eigenvalue weighted by atomic mass is 16.4. The first-order chi connectivity index (χ1) is 28.5. The van der Waals surface area contributed by atoms with E-state index in [1.165, 1.54) is 0 Å². The molecule has 64 heavy (non-hydrogen) atoms. The van der Waals surface area contributed by atoms with E-state index in [0.29, 0.717) is 50.1 Å². The molecule has 0 saturated carbocycles. The Kier molecular flexibility index (Phi) is 15.2. The van der Waals surface area contributed by atoms with Crippen LogP contribution in [0.4, 0.5) is 0 Å². The van der Waals surface area contributed by atoms with E-state index in [-0.39, 0.29) is 36.5 Å². The largest absolute Gasteiger partial charge is 0.507 e. The Balaban J connectivity index is 2.53. The number of carboxylic acid groups (broad SMARTS) is 3. The number of aromatic hydroxyl groups is 3. The third-order valence-electron chi connectivity index (χ3n) is 13.3. The molecule has 0 aliphatic rings. The van der Waals surface area contributed by atoms with E-state index in [9.17, 15) is 45.0 Å². The quantitative estimate of drug-likeness (QED) is 0.0977. The van der Waals surface area contributed by atoms with Gasteiger partial charge in [-0.3, -0.25) is 14.4 Å². The van der Waals surface area contributed by atoms with Gasteiger partial charge >= 0.3 is 17.9 Å². The molecule has 0 aliphatic carbocycles. The minimum atomic E-state index is -1.49. The Bertz CT molecular complexity index is 2010. The normalized spacial score (nSPS) is 15.4. The molecule has 0 bridgehead atoms. The second kappa shape index (κ2) is 18.0. The van der Waals surface area contributed by atoms with E-state index >= 15 is 0 Å². The fourth-order valence-electron chi connectivity index (χ4n) is 9.56. The molecular weight excluding hydrogens is 805 g/mol. The molecule has 0 heterocycles. The zero-order chi connectivity index (χ0) is 49.8. The number of carbonyl (C=O) groups is 3. The van der Waals surface area contributed by atoms with Gasteiger partial charge in [-0.25, -0.2) is 0 Å². The van der Waals surface area contributed by atoms with Gasteiger partial charge in [-0.2, -0.15) is 0 Å². The fraction of sp³-hybridized carbons (Fsp3) is 0.618. The van der Waals surface area contributed by atoms with Crippen molar-refractivity contribution in [3.8, 4) is 17.2 Å². The maximum absolute atomic E-state index is 14.1. The van der Waals surface area contributed by atoms with Crippen molar-refractivity contribution in [3.05, 3.63) is 86.5 Å². The van der Waals surface area contributed by atoms with Gasteiger partial charge < -0.3 is 30.6 Å². The van der Waals surface area contributed by atoms with Gasteiger partial charge in [0.25, 0.3) is 0 Å². The van der Waals surface area contributed by atoms with Crippen LogP contribution in [-0.4, -0.2) is 48.5 Å². The first-order valence-electron chi connectivity index (χ1n) is 22.8. The van der Waals surface area contributed by atoms with Crippen LogP contribution >= 0.6 is 0 Å². The number of rotatable bonds is 13. The SMILES string of the molecule is CC(C)(C)c1cc(CC(C(=O)O)C(C(Cc2cc(C(C)(C)C)c(O)c(C(C)(C)C)c2)C(=O)O)C(C)(C)C(Cc2cc(C(C)(C)C)c(O)c(C(C)(C)C)c2)C(=O)O)cc(C(C)(C)C)c1O. The standard InChI is InChI=1S/C55H82O9/c1-49(2,3)35-23-30(24-36(43(35)56)50(4,5)6)21-33(46(59)60)42(34(47(61)62)22-31-25-37(51(7,8)9)44(57)38(26-31)52(10,11)12)55(19,20)41(48(63)64)29-32-27-39(53(13,14)15)45(58)40(28-32)54(16,17)18/h23-28,33-34,41-42,56-58H,21-22,29H2,1-20H3,(H,59,60)(H,61,62)(H,63,64). The Labute approximate surface area is 384 Å². The second-order valence-corrected chi connectivity index (χ2v) is 25.4. The van der Waals surface area contributed by atoms with Crippen molar-refractivity contribution in [2.24, 2.45) is 29.1 Å². The molecule has 3 unspecified atom stereocenters. The van der Waals surface area contributed by atoms with E-state index in [1.807, 2.05) is 137 Å². The van der Waals surface area contributed by atoms with Crippen molar-refractivity contribution < 1.29 is 45.0 Å². The smallest absolute Gasteiger partial charge is 0.307 e. The monoisotopic (exact) mass is 887 g/mol. The Hall–Kier alpha value is -4.53. The van der Waals surface area contributed by atoms with Crippen LogP contribution in [0.3, 0.4) is 0 Å². The van der Waals surface area contributed by atoms with Crippen LogP contribution in [-0.2, 0) is 66.1 Å². The predicted molar refractivity (Wildman–Crippen MR) is 258 cm³/mol. The summed E-state index contributed by atoms with van der Waals surface area (Å²) in [7, 11) is 0. The van der Waals surface area contributed by atoms with Crippen molar-refractivity contribution in [2.45, 2.75) is 190 Å². The van der Waals surface area contributed by atoms with Crippen LogP contribution in [0.5, 0.6) is 17.2 Å². The molecule has 3 aromatic carbocycles. The fourth-order valence-corrected chi connectivity index (χ4v) is 9.56. The molecule has 0 spiro atoms. The topological polar surface area (TPSA) is 173 Å². The minimum absolute atomic E-state index is 0.0624. The van der Waals surface area contributed by atoms with Crippen LogP contribution < -0.4 is 0 Å². The van der Waals surface area contributed by atoms with E-state index in [1.54, 1.807) is 38.1 Å². The van der Waals surface area contributed by atoms with Gasteiger partial charge in [0.1, 0.15) is 17.2 Å². The van der Waals surface area contributed by atoms with Crippen LogP contribution in [0, 0.1) is 29.1 Å². The maximum atomic E-state index is 14.1. The average molecular weight is 887 g/mol. The molecular formula is C55H82O9. The number of phenols is 3. The lowest BCUT2D eigenvalue weighted by molar-refractivity contribution is -0.162. The molecule has 0 fully saturated rings. The summed E-state index contributed by atoms with van der Waals surface area (Å²) in [6.45, 7) is 38.8. The molecule has 3 rings (SSSR count). The number of benzene rings is 3. The Morgan fingerprint density at radius 3 is 0.750 bits per heavy atom. The molecule has 9 nitrogen and oxygen atoms in total. The second-order valence-electron chi connectivity index (χ2n) is 25.4. The molecule has 3 aromatic rings. The van der Waals surface area contributed by atoms with Crippen molar-refractivity contribution in [1.82, 2.24) is 0 Å². The molecule has 0 aromatic heterocycles.